The molecule has 0 aliphatic carbocycles. The molecule has 0 bridgehead atoms. The SMILES string of the molecule is N#Cc1ccc(-c2cc3c(s2)c2cc(-c4ccc(C#N)cc4)sc2c2cc(-c4ccc(-c5cn6cccnc6n5)cc4)sc32)cc1. The van der Waals surface area contributed by atoms with Crippen molar-refractivity contribution in [2.24, 2.45) is 0 Å². The molecule has 0 aliphatic heterocycles. The number of nitriles is 2. The van der Waals surface area contributed by atoms with Crippen molar-refractivity contribution in [3.63, 3.8) is 0 Å². The van der Waals surface area contributed by atoms with E-state index in [1.807, 2.05) is 82.7 Å². The van der Waals surface area contributed by atoms with Gasteiger partial charge >= 0.3 is 0 Å². The van der Waals surface area contributed by atoms with Crippen LogP contribution in [0, 0.1) is 22.7 Å². The highest BCUT2D eigenvalue weighted by Crippen LogP contribution is 2.50. The van der Waals surface area contributed by atoms with Crippen LogP contribution in [0.15, 0.2) is 116 Å². The molecule has 0 fully saturated rings. The number of hydrogen-bond acceptors (Lipinski definition) is 7. The highest BCUT2D eigenvalue weighted by Gasteiger charge is 2.19. The van der Waals surface area contributed by atoms with Crippen LogP contribution in [0.3, 0.4) is 0 Å². The molecule has 0 spiro atoms. The number of benzene rings is 4. The largest absolute Gasteiger partial charge is 0.291 e. The van der Waals surface area contributed by atoms with E-state index in [0.717, 1.165) is 22.4 Å². The van der Waals surface area contributed by atoms with E-state index in [1.54, 1.807) is 28.9 Å². The maximum Gasteiger partial charge on any atom is 0.234 e. The van der Waals surface area contributed by atoms with Crippen LogP contribution in [0.1, 0.15) is 11.1 Å². The number of thiophene rings is 3. The monoisotopic (exact) mass is 641 g/mol. The third-order valence-electron chi connectivity index (χ3n) is 8.23. The molecule has 0 aliphatic rings. The zero-order valence-electron chi connectivity index (χ0n) is 23.9. The summed E-state index contributed by atoms with van der Waals surface area (Å²) in [5.41, 5.74) is 6.65. The van der Waals surface area contributed by atoms with Crippen LogP contribution in [-0.4, -0.2) is 14.4 Å². The fraction of sp³-hybridized carbons (Fsp3) is 0. The van der Waals surface area contributed by atoms with Gasteiger partial charge in [-0.3, -0.25) is 4.40 Å². The van der Waals surface area contributed by atoms with Gasteiger partial charge in [0.2, 0.25) is 5.78 Å². The molecule has 5 heterocycles. The highest BCUT2D eigenvalue weighted by molar-refractivity contribution is 7.29. The fourth-order valence-corrected chi connectivity index (χ4v) is 9.67. The quantitative estimate of drug-likeness (QED) is 0.192. The van der Waals surface area contributed by atoms with Gasteiger partial charge in [-0.1, -0.05) is 48.5 Å². The van der Waals surface area contributed by atoms with Gasteiger partial charge in [-0.05, 0) is 65.2 Å². The van der Waals surface area contributed by atoms with Crippen LogP contribution >= 0.6 is 34.0 Å². The summed E-state index contributed by atoms with van der Waals surface area (Å²) >= 11 is 5.44. The van der Waals surface area contributed by atoms with E-state index in [9.17, 15) is 10.5 Å². The van der Waals surface area contributed by atoms with Crippen molar-refractivity contribution in [2.75, 3.05) is 0 Å². The smallest absolute Gasteiger partial charge is 0.234 e. The van der Waals surface area contributed by atoms with Crippen LogP contribution in [0.25, 0.3) is 78.6 Å². The average molecular weight is 642 g/mol. The van der Waals surface area contributed by atoms with Crippen molar-refractivity contribution in [2.45, 2.75) is 0 Å². The minimum atomic E-state index is 0.659. The second-order valence-corrected chi connectivity index (χ2v) is 14.1. The van der Waals surface area contributed by atoms with Gasteiger partial charge in [0.05, 0.1) is 29.0 Å². The fourth-order valence-electron chi connectivity index (χ4n) is 5.90. The Hall–Kier alpha value is -5.64. The van der Waals surface area contributed by atoms with E-state index in [2.05, 4.69) is 64.6 Å². The zero-order valence-corrected chi connectivity index (χ0v) is 26.4. The first-order chi connectivity index (χ1) is 22.6. The van der Waals surface area contributed by atoms with Crippen molar-refractivity contribution in [1.82, 2.24) is 14.4 Å². The summed E-state index contributed by atoms with van der Waals surface area (Å²) in [6.45, 7) is 0. The predicted molar refractivity (Wildman–Crippen MR) is 190 cm³/mol. The summed E-state index contributed by atoms with van der Waals surface area (Å²) in [5, 5.41) is 22.4. The molecule has 9 aromatic rings. The molecule has 0 radical (unpaired) electrons. The second-order valence-electron chi connectivity index (χ2n) is 11.0. The van der Waals surface area contributed by atoms with Gasteiger partial charge in [-0.2, -0.15) is 10.5 Å². The molecule has 8 heteroatoms. The Morgan fingerprint density at radius 3 is 1.43 bits per heavy atom. The lowest BCUT2D eigenvalue weighted by atomic mass is 10.1. The van der Waals surface area contributed by atoms with E-state index in [4.69, 9.17) is 0 Å². The number of aromatic nitrogens is 3. The molecule has 0 atom stereocenters. The average Bonchev–Trinajstić information content (AvgIpc) is 3.92. The Morgan fingerprint density at radius 1 is 0.565 bits per heavy atom. The molecule has 0 amide bonds. The number of fused-ring (bicyclic) bond motifs is 7. The van der Waals surface area contributed by atoms with Crippen LogP contribution in [0.5, 0.6) is 0 Å². The Kier molecular flexibility index (Phi) is 6.09. The topological polar surface area (TPSA) is 77.8 Å². The van der Waals surface area contributed by atoms with Crippen LogP contribution in [0.4, 0.5) is 0 Å². The lowest BCUT2D eigenvalue weighted by molar-refractivity contribution is 1.11. The molecule has 0 saturated heterocycles. The van der Waals surface area contributed by atoms with Gasteiger partial charge in [0, 0.05) is 69.0 Å². The van der Waals surface area contributed by atoms with E-state index in [1.165, 1.54) is 50.5 Å². The van der Waals surface area contributed by atoms with Gasteiger partial charge in [0.15, 0.2) is 0 Å². The summed E-state index contributed by atoms with van der Waals surface area (Å²) in [5.74, 6) is 0.687. The van der Waals surface area contributed by atoms with Gasteiger partial charge in [-0.25, -0.2) is 9.97 Å². The van der Waals surface area contributed by atoms with E-state index >= 15 is 0 Å². The van der Waals surface area contributed by atoms with Crippen molar-refractivity contribution in [3.05, 3.63) is 127 Å². The Morgan fingerprint density at radius 2 is 1.00 bits per heavy atom. The van der Waals surface area contributed by atoms with Gasteiger partial charge in [0.1, 0.15) is 0 Å². The number of nitrogens with zero attached hydrogens (tertiary/aromatic N) is 5. The molecule has 5 aromatic heterocycles. The normalized spacial score (nSPS) is 11.4. The Bertz CT molecular complexity index is 2530. The summed E-state index contributed by atoms with van der Waals surface area (Å²) < 4.78 is 5.75. The third kappa shape index (κ3) is 4.32. The molecule has 5 nitrogen and oxygen atoms in total. The van der Waals surface area contributed by atoms with Crippen molar-refractivity contribution >= 4 is 70.0 Å². The van der Waals surface area contributed by atoms with Gasteiger partial charge in [0.25, 0.3) is 0 Å². The van der Waals surface area contributed by atoms with Crippen LogP contribution in [0.2, 0.25) is 0 Å². The van der Waals surface area contributed by atoms with E-state index in [-0.39, 0.29) is 0 Å². The summed E-state index contributed by atoms with van der Waals surface area (Å²) in [6.07, 6.45) is 5.72. The number of hydrogen-bond donors (Lipinski definition) is 0. The first-order valence-corrected chi connectivity index (χ1v) is 16.9. The van der Waals surface area contributed by atoms with Crippen LogP contribution < -0.4 is 0 Å². The summed E-state index contributed by atoms with van der Waals surface area (Å²) in [7, 11) is 0. The molecule has 4 aromatic carbocycles. The summed E-state index contributed by atoms with van der Waals surface area (Å²) in [4.78, 5) is 12.6. The predicted octanol–water partition coefficient (Wildman–Crippen LogP) is 10.8. The molecular formula is C38H19N5S3. The van der Waals surface area contributed by atoms with Crippen molar-refractivity contribution < 1.29 is 0 Å². The first kappa shape index (κ1) is 26.7. The van der Waals surface area contributed by atoms with E-state index < -0.39 is 0 Å². The summed E-state index contributed by atoms with van der Waals surface area (Å²) in [6, 6.07) is 37.6. The first-order valence-electron chi connectivity index (χ1n) is 14.5. The second kappa shape index (κ2) is 10.5. The van der Waals surface area contributed by atoms with E-state index in [0.29, 0.717) is 16.9 Å². The Balaban J connectivity index is 1.21. The minimum absolute atomic E-state index is 0.659. The third-order valence-corrected chi connectivity index (χ3v) is 11.9. The van der Waals surface area contributed by atoms with Crippen molar-refractivity contribution in [1.29, 1.82) is 10.5 Å². The van der Waals surface area contributed by atoms with Crippen LogP contribution in [-0.2, 0) is 0 Å². The lowest BCUT2D eigenvalue weighted by Gasteiger charge is -2.00. The molecule has 214 valence electrons. The number of imidazole rings is 1. The minimum Gasteiger partial charge on any atom is -0.291 e. The number of rotatable bonds is 4. The molecule has 0 saturated carbocycles. The Labute approximate surface area is 275 Å². The lowest BCUT2D eigenvalue weighted by Crippen LogP contribution is -1.82. The zero-order chi connectivity index (χ0) is 30.8. The molecule has 0 N–H and O–H groups in total. The molecule has 9 rings (SSSR count). The highest BCUT2D eigenvalue weighted by atomic mass is 32.1. The molecule has 46 heavy (non-hydrogen) atoms. The maximum atomic E-state index is 9.31. The van der Waals surface area contributed by atoms with Gasteiger partial charge < -0.3 is 0 Å². The standard InChI is InChI=1S/C38H19N5S3/c39-19-22-2-6-25(7-3-22)32-16-28-35-29(17-33(44-35)26-8-4-23(20-40)5-9-26)37-30(36(28)45-32)18-34(46-37)27-12-10-24(11-13-27)31-21-43-15-1-14-41-38(43)42-31/h1-18,21H. The van der Waals surface area contributed by atoms with Gasteiger partial charge in [-0.15, -0.1) is 34.0 Å². The molecule has 0 unspecified atom stereocenters. The molecular weight excluding hydrogens is 623 g/mol. The van der Waals surface area contributed by atoms with Crippen molar-refractivity contribution in [3.8, 4) is 54.7 Å². The maximum absolute atomic E-state index is 9.31.